The number of carbonyl (C=O) groups excluding carboxylic acids is 2. The Morgan fingerprint density at radius 1 is 1.14 bits per heavy atom. The van der Waals surface area contributed by atoms with Gasteiger partial charge in [-0.1, -0.05) is 38.1 Å². The second kappa shape index (κ2) is 9.62. The fourth-order valence-corrected chi connectivity index (χ4v) is 3.05. The lowest BCUT2D eigenvalue weighted by atomic mass is 10.0. The average molecular weight is 422 g/mol. The molecule has 0 heterocycles. The van der Waals surface area contributed by atoms with Gasteiger partial charge in [-0.05, 0) is 41.7 Å². The molecule has 2 aromatic carbocycles. The third-order valence-corrected chi connectivity index (χ3v) is 5.11. The van der Waals surface area contributed by atoms with E-state index in [0.717, 1.165) is 23.8 Å². The van der Waals surface area contributed by atoms with Gasteiger partial charge in [0.1, 0.15) is 5.82 Å². The quantitative estimate of drug-likeness (QED) is 0.632. The minimum absolute atomic E-state index is 0.340. The number of hydrogen-bond donors (Lipinski definition) is 2. The fraction of sp³-hybridized carbons (Fsp3) is 0.300. The van der Waals surface area contributed by atoms with Crippen LogP contribution < -0.4 is 10.5 Å². The van der Waals surface area contributed by atoms with E-state index in [1.54, 1.807) is 0 Å². The van der Waals surface area contributed by atoms with Crippen LogP contribution >= 0.6 is 0 Å². The highest BCUT2D eigenvalue weighted by Gasteiger charge is 2.18. The predicted molar refractivity (Wildman–Crippen MR) is 105 cm³/mol. The average Bonchev–Trinajstić information content (AvgIpc) is 2.66. The third-order valence-electron chi connectivity index (χ3n) is 4.20. The van der Waals surface area contributed by atoms with Crippen LogP contribution in [-0.2, 0) is 26.0 Å². The van der Waals surface area contributed by atoms with Crippen LogP contribution in [0.15, 0.2) is 47.4 Å². The minimum Gasteiger partial charge on any atom is -0.452 e. The van der Waals surface area contributed by atoms with Crippen molar-refractivity contribution in [2.75, 3.05) is 13.2 Å². The molecule has 0 saturated carbocycles. The summed E-state index contributed by atoms with van der Waals surface area (Å²) >= 11 is 0. The van der Waals surface area contributed by atoms with E-state index in [9.17, 15) is 22.4 Å². The summed E-state index contributed by atoms with van der Waals surface area (Å²) in [4.78, 5) is 23.3. The maximum absolute atomic E-state index is 13.8. The van der Waals surface area contributed by atoms with Gasteiger partial charge in [0.2, 0.25) is 10.0 Å². The first-order valence-corrected chi connectivity index (χ1v) is 10.5. The molecule has 9 heteroatoms. The lowest BCUT2D eigenvalue weighted by Gasteiger charge is -2.09. The van der Waals surface area contributed by atoms with Crippen molar-refractivity contribution >= 4 is 21.9 Å². The molecule has 0 unspecified atom stereocenters. The van der Waals surface area contributed by atoms with Crippen molar-refractivity contribution in [3.63, 3.8) is 0 Å². The van der Waals surface area contributed by atoms with E-state index in [2.05, 4.69) is 19.2 Å². The van der Waals surface area contributed by atoms with Gasteiger partial charge in [0.15, 0.2) is 6.61 Å². The van der Waals surface area contributed by atoms with Gasteiger partial charge in [-0.2, -0.15) is 0 Å². The summed E-state index contributed by atoms with van der Waals surface area (Å²) in [7, 11) is -4.11. The van der Waals surface area contributed by atoms with Crippen molar-refractivity contribution in [3.8, 4) is 0 Å². The number of nitrogens with two attached hydrogens (primary N) is 1. The number of nitrogens with one attached hydrogen (secondary N) is 1. The summed E-state index contributed by atoms with van der Waals surface area (Å²) in [5.41, 5.74) is 1.66. The molecule has 0 radical (unpaired) electrons. The Morgan fingerprint density at radius 2 is 1.79 bits per heavy atom. The zero-order valence-electron chi connectivity index (χ0n) is 16.1. The summed E-state index contributed by atoms with van der Waals surface area (Å²) in [6, 6.07) is 10.5. The SMILES string of the molecule is CC(C)c1ccc(CCNC(=O)COC(=O)c2cc(S(N)(=O)=O)ccc2F)cc1. The third kappa shape index (κ3) is 6.65. The van der Waals surface area contributed by atoms with E-state index in [4.69, 9.17) is 9.88 Å². The summed E-state index contributed by atoms with van der Waals surface area (Å²) < 4.78 is 41.1. The first-order valence-electron chi connectivity index (χ1n) is 8.93. The standard InChI is InChI=1S/C20H23FN2O5S/c1-13(2)15-5-3-14(4-6-15)9-10-23-19(24)12-28-20(25)17-11-16(29(22,26)27)7-8-18(17)21/h3-8,11,13H,9-10,12H2,1-2H3,(H,23,24)(H2,22,26,27). The van der Waals surface area contributed by atoms with Crippen molar-refractivity contribution in [2.45, 2.75) is 31.1 Å². The zero-order chi connectivity index (χ0) is 21.6. The van der Waals surface area contributed by atoms with E-state index in [1.165, 1.54) is 5.56 Å². The summed E-state index contributed by atoms with van der Waals surface area (Å²) in [6.45, 7) is 3.93. The molecular weight excluding hydrogens is 399 g/mol. The zero-order valence-corrected chi connectivity index (χ0v) is 17.0. The van der Waals surface area contributed by atoms with Crippen molar-refractivity contribution in [1.29, 1.82) is 0 Å². The fourth-order valence-electron chi connectivity index (χ4n) is 2.51. The van der Waals surface area contributed by atoms with Crippen LogP contribution in [0.1, 0.15) is 41.3 Å². The van der Waals surface area contributed by atoms with E-state index in [0.29, 0.717) is 18.9 Å². The molecule has 0 fully saturated rings. The molecule has 0 atom stereocenters. The number of esters is 1. The molecule has 0 spiro atoms. The van der Waals surface area contributed by atoms with Crippen molar-refractivity contribution < 1.29 is 27.1 Å². The van der Waals surface area contributed by atoms with Crippen LogP contribution in [0.2, 0.25) is 0 Å². The Balaban J connectivity index is 1.84. The number of amides is 1. The number of halogens is 1. The molecule has 1 amide bonds. The molecule has 156 valence electrons. The number of sulfonamides is 1. The number of benzene rings is 2. The lowest BCUT2D eigenvalue weighted by Crippen LogP contribution is -2.30. The van der Waals surface area contributed by atoms with E-state index in [1.807, 2.05) is 24.3 Å². The Morgan fingerprint density at radius 3 is 2.38 bits per heavy atom. The number of hydrogen-bond acceptors (Lipinski definition) is 5. The van der Waals surface area contributed by atoms with Crippen molar-refractivity contribution in [1.82, 2.24) is 5.32 Å². The van der Waals surface area contributed by atoms with Gasteiger partial charge in [-0.15, -0.1) is 0 Å². The molecule has 0 saturated heterocycles. The van der Waals surface area contributed by atoms with Gasteiger partial charge < -0.3 is 10.1 Å². The van der Waals surface area contributed by atoms with Gasteiger partial charge in [0.05, 0.1) is 10.5 Å². The van der Waals surface area contributed by atoms with E-state index >= 15 is 0 Å². The summed E-state index contributed by atoms with van der Waals surface area (Å²) in [6.07, 6.45) is 0.600. The maximum atomic E-state index is 13.8. The molecule has 2 rings (SSSR count). The molecule has 0 aromatic heterocycles. The normalized spacial score (nSPS) is 11.3. The summed E-state index contributed by atoms with van der Waals surface area (Å²) in [5.74, 6) is -2.26. The Kier molecular flexibility index (Phi) is 7.46. The Bertz CT molecular complexity index is 988. The first-order chi connectivity index (χ1) is 13.6. The number of rotatable bonds is 8. The smallest absolute Gasteiger partial charge is 0.341 e. The molecule has 0 aliphatic carbocycles. The Hall–Kier alpha value is -2.78. The van der Waals surface area contributed by atoms with E-state index in [-0.39, 0.29) is 0 Å². The van der Waals surface area contributed by atoms with Crippen LogP contribution in [0, 0.1) is 5.82 Å². The monoisotopic (exact) mass is 422 g/mol. The molecule has 29 heavy (non-hydrogen) atoms. The van der Waals surface area contributed by atoms with Crippen LogP contribution in [0.25, 0.3) is 0 Å². The minimum atomic E-state index is -4.11. The lowest BCUT2D eigenvalue weighted by molar-refractivity contribution is -0.124. The van der Waals surface area contributed by atoms with Crippen LogP contribution in [0.3, 0.4) is 0 Å². The van der Waals surface area contributed by atoms with Gasteiger partial charge in [-0.25, -0.2) is 22.7 Å². The molecule has 3 N–H and O–H groups in total. The molecule has 0 aliphatic heterocycles. The molecule has 0 bridgehead atoms. The topological polar surface area (TPSA) is 116 Å². The number of primary sulfonamides is 1. The number of ether oxygens (including phenoxy) is 1. The largest absolute Gasteiger partial charge is 0.452 e. The van der Waals surface area contributed by atoms with Gasteiger partial charge in [0.25, 0.3) is 5.91 Å². The number of carbonyl (C=O) groups is 2. The summed E-state index contributed by atoms with van der Waals surface area (Å²) in [5, 5.41) is 7.56. The van der Waals surface area contributed by atoms with Crippen molar-refractivity contribution in [2.24, 2.45) is 5.14 Å². The van der Waals surface area contributed by atoms with Gasteiger partial charge in [0, 0.05) is 6.54 Å². The molecular formula is C20H23FN2O5S. The van der Waals surface area contributed by atoms with Gasteiger partial charge in [-0.3, -0.25) is 4.79 Å². The van der Waals surface area contributed by atoms with Crippen LogP contribution in [0.5, 0.6) is 0 Å². The van der Waals surface area contributed by atoms with Crippen LogP contribution in [-0.4, -0.2) is 33.4 Å². The molecule has 7 nitrogen and oxygen atoms in total. The highest BCUT2D eigenvalue weighted by molar-refractivity contribution is 7.89. The predicted octanol–water partition coefficient (Wildman–Crippen LogP) is 2.11. The molecule has 0 aliphatic rings. The van der Waals surface area contributed by atoms with Gasteiger partial charge >= 0.3 is 5.97 Å². The second-order valence-corrected chi connectivity index (χ2v) is 8.32. The first kappa shape index (κ1) is 22.5. The second-order valence-electron chi connectivity index (χ2n) is 6.76. The van der Waals surface area contributed by atoms with E-state index < -0.39 is 44.8 Å². The maximum Gasteiger partial charge on any atom is 0.341 e. The van der Waals surface area contributed by atoms with Crippen molar-refractivity contribution in [3.05, 3.63) is 65.0 Å². The highest BCUT2D eigenvalue weighted by Crippen LogP contribution is 2.16. The Labute approximate surface area is 169 Å². The highest BCUT2D eigenvalue weighted by atomic mass is 32.2. The molecule has 2 aromatic rings. The van der Waals surface area contributed by atoms with Crippen LogP contribution in [0.4, 0.5) is 4.39 Å².